The summed E-state index contributed by atoms with van der Waals surface area (Å²) in [4.78, 5) is 3.91. The Morgan fingerprint density at radius 1 is 1.64 bits per heavy atom. The highest BCUT2D eigenvalue weighted by atomic mass is 15.4. The maximum Gasteiger partial charge on any atom is 0.0454 e. The van der Waals surface area contributed by atoms with Crippen LogP contribution in [0.4, 0.5) is 0 Å². The number of aliphatic imine (C=N–C) groups is 1. The van der Waals surface area contributed by atoms with Gasteiger partial charge in [0.1, 0.15) is 0 Å². The SMILES string of the molecule is C=CC1=C(N=C)CCN(N)C1. The fourth-order valence-electron chi connectivity index (χ4n) is 1.16. The normalized spacial score (nSPS) is 20.1. The van der Waals surface area contributed by atoms with Gasteiger partial charge in [0.15, 0.2) is 0 Å². The lowest BCUT2D eigenvalue weighted by atomic mass is 10.1. The lowest BCUT2D eigenvalue weighted by molar-refractivity contribution is 0.298. The predicted octanol–water partition coefficient (Wildman–Crippen LogP) is 0.707. The Morgan fingerprint density at radius 3 is 2.91 bits per heavy atom. The standard InChI is InChI=1S/C8H13N3/c1-3-7-6-11(9)5-4-8(7)10-2/h3H,1-2,4-6,9H2. The molecule has 0 aliphatic carbocycles. The van der Waals surface area contributed by atoms with Crippen LogP contribution in [-0.2, 0) is 0 Å². The highest BCUT2D eigenvalue weighted by Crippen LogP contribution is 2.16. The number of rotatable bonds is 2. The second kappa shape index (κ2) is 3.46. The van der Waals surface area contributed by atoms with E-state index in [2.05, 4.69) is 18.3 Å². The Kier molecular flexibility index (Phi) is 2.57. The molecule has 60 valence electrons. The Labute approximate surface area is 66.9 Å². The zero-order valence-electron chi connectivity index (χ0n) is 6.58. The van der Waals surface area contributed by atoms with Gasteiger partial charge < -0.3 is 0 Å². The summed E-state index contributed by atoms with van der Waals surface area (Å²) < 4.78 is 0. The molecule has 0 fully saturated rings. The minimum absolute atomic E-state index is 0.734. The smallest absolute Gasteiger partial charge is 0.0454 e. The molecule has 0 saturated heterocycles. The van der Waals surface area contributed by atoms with E-state index in [9.17, 15) is 0 Å². The van der Waals surface area contributed by atoms with Crippen LogP contribution in [-0.4, -0.2) is 24.8 Å². The van der Waals surface area contributed by atoms with Gasteiger partial charge in [0.2, 0.25) is 0 Å². The van der Waals surface area contributed by atoms with Crippen molar-refractivity contribution in [1.82, 2.24) is 5.01 Å². The summed E-state index contributed by atoms with van der Waals surface area (Å²) in [7, 11) is 0. The summed E-state index contributed by atoms with van der Waals surface area (Å²) in [6.07, 6.45) is 2.67. The summed E-state index contributed by atoms with van der Waals surface area (Å²) in [6.45, 7) is 8.77. The fourth-order valence-corrected chi connectivity index (χ4v) is 1.16. The molecule has 0 bridgehead atoms. The zero-order valence-corrected chi connectivity index (χ0v) is 6.58. The molecule has 1 aliphatic heterocycles. The number of hydrazine groups is 1. The molecule has 0 aromatic carbocycles. The van der Waals surface area contributed by atoms with E-state index in [0.29, 0.717) is 0 Å². The van der Waals surface area contributed by atoms with Crippen LogP contribution < -0.4 is 5.84 Å². The van der Waals surface area contributed by atoms with Crippen molar-refractivity contribution in [3.05, 3.63) is 23.9 Å². The summed E-state index contributed by atoms with van der Waals surface area (Å²) in [6, 6.07) is 0. The van der Waals surface area contributed by atoms with E-state index in [1.165, 1.54) is 0 Å². The summed E-state index contributed by atoms with van der Waals surface area (Å²) >= 11 is 0. The van der Waals surface area contributed by atoms with Crippen molar-refractivity contribution in [3.63, 3.8) is 0 Å². The highest BCUT2D eigenvalue weighted by Gasteiger charge is 2.12. The Balaban J connectivity index is 2.82. The first kappa shape index (κ1) is 8.17. The Hall–Kier alpha value is -0.930. The summed E-state index contributed by atoms with van der Waals surface area (Å²) in [5.74, 6) is 5.61. The molecule has 0 saturated carbocycles. The molecule has 0 radical (unpaired) electrons. The zero-order chi connectivity index (χ0) is 8.27. The minimum Gasteiger partial charge on any atom is -0.269 e. The molecular formula is C8H13N3. The molecule has 1 aliphatic rings. The van der Waals surface area contributed by atoms with E-state index >= 15 is 0 Å². The van der Waals surface area contributed by atoms with Crippen molar-refractivity contribution < 1.29 is 0 Å². The number of hydrogen-bond donors (Lipinski definition) is 1. The molecule has 3 nitrogen and oxygen atoms in total. The molecule has 11 heavy (non-hydrogen) atoms. The van der Waals surface area contributed by atoms with Crippen LogP contribution in [0.2, 0.25) is 0 Å². The van der Waals surface area contributed by atoms with Gasteiger partial charge in [-0.3, -0.25) is 10.8 Å². The number of nitrogens with zero attached hydrogens (tertiary/aromatic N) is 2. The van der Waals surface area contributed by atoms with E-state index in [0.717, 1.165) is 30.8 Å². The second-order valence-corrected chi connectivity index (χ2v) is 2.55. The second-order valence-electron chi connectivity index (χ2n) is 2.55. The van der Waals surface area contributed by atoms with Crippen molar-refractivity contribution in [3.8, 4) is 0 Å². The predicted molar refractivity (Wildman–Crippen MR) is 47.1 cm³/mol. The van der Waals surface area contributed by atoms with Gasteiger partial charge in [-0.15, -0.1) is 0 Å². The molecule has 0 atom stereocenters. The Morgan fingerprint density at radius 2 is 2.36 bits per heavy atom. The average molecular weight is 151 g/mol. The van der Waals surface area contributed by atoms with E-state index in [1.807, 2.05) is 0 Å². The first-order chi connectivity index (χ1) is 5.27. The van der Waals surface area contributed by atoms with Gasteiger partial charge in [-0.2, -0.15) is 0 Å². The van der Waals surface area contributed by atoms with Crippen LogP contribution in [0.3, 0.4) is 0 Å². The van der Waals surface area contributed by atoms with E-state index in [-0.39, 0.29) is 0 Å². The molecule has 0 aromatic heterocycles. The van der Waals surface area contributed by atoms with Gasteiger partial charge in [0, 0.05) is 25.2 Å². The van der Waals surface area contributed by atoms with Gasteiger partial charge >= 0.3 is 0 Å². The fraction of sp³-hybridized carbons (Fsp3) is 0.375. The van der Waals surface area contributed by atoms with Crippen molar-refractivity contribution >= 4 is 6.72 Å². The largest absolute Gasteiger partial charge is 0.269 e. The van der Waals surface area contributed by atoms with Crippen LogP contribution in [0.15, 0.2) is 28.9 Å². The quantitative estimate of drug-likeness (QED) is 0.466. The number of hydrogen-bond acceptors (Lipinski definition) is 3. The molecule has 0 unspecified atom stereocenters. The van der Waals surface area contributed by atoms with Gasteiger partial charge in [0.05, 0.1) is 0 Å². The lowest BCUT2D eigenvalue weighted by Gasteiger charge is -2.23. The Bertz CT molecular complexity index is 205. The van der Waals surface area contributed by atoms with E-state index in [4.69, 9.17) is 5.84 Å². The highest BCUT2D eigenvalue weighted by molar-refractivity contribution is 5.35. The van der Waals surface area contributed by atoms with E-state index in [1.54, 1.807) is 11.1 Å². The molecule has 0 spiro atoms. The van der Waals surface area contributed by atoms with Crippen molar-refractivity contribution in [2.24, 2.45) is 10.8 Å². The van der Waals surface area contributed by atoms with Gasteiger partial charge in [0.25, 0.3) is 0 Å². The maximum atomic E-state index is 5.61. The van der Waals surface area contributed by atoms with Crippen LogP contribution >= 0.6 is 0 Å². The molecule has 1 heterocycles. The van der Waals surface area contributed by atoms with Gasteiger partial charge in [-0.05, 0) is 12.3 Å². The molecule has 1 rings (SSSR count). The van der Waals surface area contributed by atoms with Crippen LogP contribution in [0.25, 0.3) is 0 Å². The summed E-state index contributed by atoms with van der Waals surface area (Å²) in [5, 5.41) is 1.76. The van der Waals surface area contributed by atoms with Crippen LogP contribution in [0.1, 0.15) is 6.42 Å². The average Bonchev–Trinajstić information content (AvgIpc) is 2.04. The minimum atomic E-state index is 0.734. The molecule has 0 aromatic rings. The van der Waals surface area contributed by atoms with Crippen LogP contribution in [0.5, 0.6) is 0 Å². The topological polar surface area (TPSA) is 41.6 Å². The van der Waals surface area contributed by atoms with Crippen molar-refractivity contribution in [2.75, 3.05) is 13.1 Å². The molecular weight excluding hydrogens is 138 g/mol. The third-order valence-electron chi connectivity index (χ3n) is 1.82. The molecule has 3 heteroatoms. The van der Waals surface area contributed by atoms with E-state index < -0.39 is 0 Å². The molecule has 0 amide bonds. The maximum absolute atomic E-state index is 5.61. The van der Waals surface area contributed by atoms with Crippen molar-refractivity contribution in [2.45, 2.75) is 6.42 Å². The van der Waals surface area contributed by atoms with Crippen molar-refractivity contribution in [1.29, 1.82) is 0 Å². The number of nitrogens with two attached hydrogens (primary N) is 1. The van der Waals surface area contributed by atoms with Gasteiger partial charge in [-0.25, -0.2) is 5.01 Å². The summed E-state index contributed by atoms with van der Waals surface area (Å²) in [5.41, 5.74) is 2.12. The monoisotopic (exact) mass is 151 g/mol. The molecule has 2 N–H and O–H groups in total. The third-order valence-corrected chi connectivity index (χ3v) is 1.82. The lowest BCUT2D eigenvalue weighted by Crippen LogP contribution is -2.36. The third kappa shape index (κ3) is 1.76. The first-order valence-electron chi connectivity index (χ1n) is 3.58. The van der Waals surface area contributed by atoms with Crippen LogP contribution in [0, 0.1) is 0 Å². The first-order valence-corrected chi connectivity index (χ1v) is 3.58. The van der Waals surface area contributed by atoms with Gasteiger partial charge in [-0.1, -0.05) is 12.7 Å².